The second-order valence-electron chi connectivity index (χ2n) is 2.57. The lowest BCUT2D eigenvalue weighted by atomic mass is 10.1. The van der Waals surface area contributed by atoms with Crippen LogP contribution in [0.1, 0.15) is 5.56 Å². The Morgan fingerprint density at radius 1 is 1.57 bits per heavy atom. The number of thiazole rings is 1. The first-order valence-electron chi connectivity index (χ1n) is 3.81. The van der Waals surface area contributed by atoms with Gasteiger partial charge in [0.05, 0.1) is 15.7 Å². The molecule has 14 heavy (non-hydrogen) atoms. The Hall–Kier alpha value is -1.93. The van der Waals surface area contributed by atoms with Gasteiger partial charge in [-0.1, -0.05) is 17.3 Å². The van der Waals surface area contributed by atoms with Crippen LogP contribution in [0.2, 0.25) is 0 Å². The summed E-state index contributed by atoms with van der Waals surface area (Å²) in [6.07, 6.45) is 0. The average Bonchev–Trinajstić information content (AvgIpc) is 2.68. The van der Waals surface area contributed by atoms with Crippen LogP contribution < -0.4 is 0 Å². The normalized spacial score (nSPS) is 11.5. The summed E-state index contributed by atoms with van der Waals surface area (Å²) in [5.41, 5.74) is 3.14. The quantitative estimate of drug-likeness (QED) is 0.437. The van der Waals surface area contributed by atoms with E-state index in [1.54, 1.807) is 17.6 Å². The smallest absolute Gasteiger partial charge is 0.188 e. The van der Waals surface area contributed by atoms with Crippen LogP contribution in [0.15, 0.2) is 28.9 Å². The molecule has 0 radical (unpaired) electrons. The van der Waals surface area contributed by atoms with Crippen LogP contribution >= 0.6 is 11.3 Å². The predicted molar refractivity (Wildman–Crippen MR) is 53.6 cm³/mol. The minimum Gasteiger partial charge on any atom is -0.410 e. The van der Waals surface area contributed by atoms with Crippen LogP contribution in [-0.4, -0.2) is 15.9 Å². The third-order valence-electron chi connectivity index (χ3n) is 1.82. The maximum atomic E-state index is 8.72. The fourth-order valence-corrected chi connectivity index (χ4v) is 2.01. The van der Waals surface area contributed by atoms with E-state index in [0.29, 0.717) is 5.56 Å². The van der Waals surface area contributed by atoms with Crippen LogP contribution in [0.4, 0.5) is 0 Å². The highest BCUT2D eigenvalue weighted by molar-refractivity contribution is 7.17. The molecule has 0 aliphatic carbocycles. The van der Waals surface area contributed by atoms with E-state index in [-0.39, 0.29) is 5.71 Å². The molecule has 0 unspecified atom stereocenters. The second kappa shape index (κ2) is 3.44. The number of oxime groups is 1. The molecule has 1 aromatic carbocycles. The van der Waals surface area contributed by atoms with E-state index in [1.807, 2.05) is 12.1 Å². The number of hydrogen-bond acceptors (Lipinski definition) is 5. The fourth-order valence-electron chi connectivity index (χ4n) is 1.21. The molecule has 0 amide bonds. The van der Waals surface area contributed by atoms with Gasteiger partial charge in [0.1, 0.15) is 6.07 Å². The van der Waals surface area contributed by atoms with Crippen LogP contribution in [0, 0.1) is 11.3 Å². The van der Waals surface area contributed by atoms with Crippen LogP contribution in [0.25, 0.3) is 10.2 Å². The van der Waals surface area contributed by atoms with Gasteiger partial charge in [-0.15, -0.1) is 11.3 Å². The number of nitriles is 1. The molecule has 2 aromatic rings. The van der Waals surface area contributed by atoms with Crippen LogP contribution in [-0.2, 0) is 0 Å². The van der Waals surface area contributed by atoms with E-state index in [2.05, 4.69) is 10.1 Å². The maximum Gasteiger partial charge on any atom is 0.188 e. The van der Waals surface area contributed by atoms with E-state index in [1.165, 1.54) is 11.3 Å². The molecule has 4 nitrogen and oxygen atoms in total. The van der Waals surface area contributed by atoms with E-state index in [9.17, 15) is 0 Å². The standard InChI is InChI=1S/C9H5N3OS/c10-4-8(12-13)6-2-1-3-7-9(6)14-5-11-7/h1-3,5,13H/b12-8-. The average molecular weight is 203 g/mol. The molecular formula is C9H5N3OS. The molecule has 0 aliphatic rings. The number of aromatic nitrogens is 1. The molecule has 0 bridgehead atoms. The molecule has 1 N–H and O–H groups in total. The van der Waals surface area contributed by atoms with Gasteiger partial charge in [0.25, 0.3) is 0 Å². The summed E-state index contributed by atoms with van der Waals surface area (Å²) in [5, 5.41) is 20.3. The zero-order valence-electron chi connectivity index (χ0n) is 7.01. The number of rotatable bonds is 1. The van der Waals surface area contributed by atoms with E-state index >= 15 is 0 Å². The largest absolute Gasteiger partial charge is 0.410 e. The van der Waals surface area contributed by atoms with E-state index < -0.39 is 0 Å². The van der Waals surface area contributed by atoms with E-state index in [4.69, 9.17) is 10.5 Å². The molecule has 5 heteroatoms. The van der Waals surface area contributed by atoms with Gasteiger partial charge in [-0.05, 0) is 6.07 Å². The van der Waals surface area contributed by atoms with Gasteiger partial charge in [-0.25, -0.2) is 4.98 Å². The summed E-state index contributed by atoms with van der Waals surface area (Å²) in [6, 6.07) is 7.19. The molecule has 0 saturated carbocycles. The van der Waals surface area contributed by atoms with Crippen molar-refractivity contribution in [3.05, 3.63) is 29.3 Å². The molecule has 2 rings (SSSR count). The summed E-state index contributed by atoms with van der Waals surface area (Å²) in [7, 11) is 0. The summed E-state index contributed by atoms with van der Waals surface area (Å²) in [4.78, 5) is 4.10. The summed E-state index contributed by atoms with van der Waals surface area (Å²) >= 11 is 1.42. The minimum absolute atomic E-state index is 0.0138. The van der Waals surface area contributed by atoms with Crippen molar-refractivity contribution in [1.29, 1.82) is 5.26 Å². The first kappa shape index (κ1) is 8.66. The van der Waals surface area contributed by atoms with Gasteiger partial charge < -0.3 is 5.21 Å². The lowest BCUT2D eigenvalue weighted by molar-refractivity contribution is 0.320. The first-order chi connectivity index (χ1) is 6.86. The van der Waals surface area contributed by atoms with Gasteiger partial charge in [-0.3, -0.25) is 0 Å². The molecule has 1 aromatic heterocycles. The Balaban J connectivity index is 2.75. The van der Waals surface area contributed by atoms with Gasteiger partial charge in [-0.2, -0.15) is 5.26 Å². The van der Waals surface area contributed by atoms with Crippen molar-refractivity contribution in [2.45, 2.75) is 0 Å². The first-order valence-corrected chi connectivity index (χ1v) is 4.69. The lowest BCUT2D eigenvalue weighted by Gasteiger charge is -1.96. The molecule has 0 spiro atoms. The van der Waals surface area contributed by atoms with Crippen molar-refractivity contribution in [2.75, 3.05) is 0 Å². The minimum atomic E-state index is 0.0138. The topological polar surface area (TPSA) is 69.3 Å². The number of fused-ring (bicyclic) bond motifs is 1. The van der Waals surface area contributed by atoms with Crippen molar-refractivity contribution < 1.29 is 5.21 Å². The fraction of sp³-hybridized carbons (Fsp3) is 0. The zero-order chi connectivity index (χ0) is 9.97. The third kappa shape index (κ3) is 1.22. The predicted octanol–water partition coefficient (Wildman–Crippen LogP) is 2.00. The Kier molecular flexibility index (Phi) is 2.13. The highest BCUT2D eigenvalue weighted by Crippen LogP contribution is 2.22. The molecule has 0 atom stereocenters. The number of hydrogen-bond donors (Lipinski definition) is 1. The highest BCUT2D eigenvalue weighted by Gasteiger charge is 2.09. The lowest BCUT2D eigenvalue weighted by Crippen LogP contribution is -1.96. The highest BCUT2D eigenvalue weighted by atomic mass is 32.1. The summed E-state index contributed by atoms with van der Waals surface area (Å²) in [6.45, 7) is 0. The van der Waals surface area contributed by atoms with Crippen molar-refractivity contribution in [3.63, 3.8) is 0 Å². The van der Waals surface area contributed by atoms with Crippen molar-refractivity contribution in [3.8, 4) is 6.07 Å². The molecule has 68 valence electrons. The van der Waals surface area contributed by atoms with Crippen molar-refractivity contribution >= 4 is 27.3 Å². The van der Waals surface area contributed by atoms with Gasteiger partial charge in [0.15, 0.2) is 5.71 Å². The SMILES string of the molecule is N#C/C(=N/O)c1cccc2ncsc12. The number of nitrogens with zero attached hydrogens (tertiary/aromatic N) is 3. The third-order valence-corrected chi connectivity index (χ3v) is 2.69. The Morgan fingerprint density at radius 2 is 2.43 bits per heavy atom. The molecule has 0 aliphatic heterocycles. The van der Waals surface area contributed by atoms with Crippen LogP contribution in [0.5, 0.6) is 0 Å². The van der Waals surface area contributed by atoms with Gasteiger partial charge in [0.2, 0.25) is 0 Å². The van der Waals surface area contributed by atoms with Crippen molar-refractivity contribution in [2.24, 2.45) is 5.16 Å². The Labute approximate surface area is 83.7 Å². The van der Waals surface area contributed by atoms with Crippen LogP contribution in [0.3, 0.4) is 0 Å². The van der Waals surface area contributed by atoms with Gasteiger partial charge in [0, 0.05) is 5.56 Å². The summed E-state index contributed by atoms with van der Waals surface area (Å²) in [5.74, 6) is 0. The Bertz CT molecular complexity index is 538. The molecule has 0 fully saturated rings. The summed E-state index contributed by atoms with van der Waals surface area (Å²) < 4.78 is 0.863. The molecule has 0 saturated heterocycles. The molecule has 1 heterocycles. The monoisotopic (exact) mass is 203 g/mol. The zero-order valence-corrected chi connectivity index (χ0v) is 7.82. The van der Waals surface area contributed by atoms with Crippen molar-refractivity contribution in [1.82, 2.24) is 4.98 Å². The van der Waals surface area contributed by atoms with Gasteiger partial charge >= 0.3 is 0 Å². The van der Waals surface area contributed by atoms with E-state index in [0.717, 1.165) is 10.2 Å². The maximum absolute atomic E-state index is 8.72. The Morgan fingerprint density at radius 3 is 3.14 bits per heavy atom. The molecular weight excluding hydrogens is 198 g/mol. The second-order valence-corrected chi connectivity index (χ2v) is 3.42. The number of benzene rings is 1.